The summed E-state index contributed by atoms with van der Waals surface area (Å²) in [6, 6.07) is 7.70. The van der Waals surface area contributed by atoms with Gasteiger partial charge in [-0.3, -0.25) is 0 Å². The summed E-state index contributed by atoms with van der Waals surface area (Å²) in [5.41, 5.74) is 2.21. The molecule has 0 amide bonds. The van der Waals surface area contributed by atoms with Crippen LogP contribution < -0.4 is 0 Å². The van der Waals surface area contributed by atoms with Gasteiger partial charge in [-0.15, -0.1) is 0 Å². The molecule has 0 radical (unpaired) electrons. The normalized spacial score (nSPS) is 17.1. The highest BCUT2D eigenvalue weighted by molar-refractivity contribution is 6.30. The average Bonchev–Trinajstić information content (AvgIpc) is 2.97. The first-order chi connectivity index (χ1) is 6.79. The molecule has 0 atom stereocenters. The van der Waals surface area contributed by atoms with E-state index in [-0.39, 0.29) is 6.61 Å². The Bertz CT molecular complexity index is 353. The van der Waals surface area contributed by atoms with Crippen LogP contribution in [-0.2, 0) is 0 Å². The van der Waals surface area contributed by atoms with Gasteiger partial charge in [0.25, 0.3) is 0 Å². The molecular formula is C12H13ClO. The first kappa shape index (κ1) is 9.75. The Morgan fingerprint density at radius 3 is 2.86 bits per heavy atom. The second-order valence-corrected chi connectivity index (χ2v) is 4.14. The van der Waals surface area contributed by atoms with Gasteiger partial charge in [0.05, 0.1) is 6.61 Å². The molecule has 0 spiro atoms. The SMILES string of the molecule is OC/C(=C\c1cccc(Cl)c1)C1CC1. The molecule has 1 nitrogen and oxygen atoms in total. The maximum atomic E-state index is 9.17. The lowest BCUT2D eigenvalue weighted by Crippen LogP contribution is -1.92. The Morgan fingerprint density at radius 2 is 2.29 bits per heavy atom. The van der Waals surface area contributed by atoms with E-state index in [0.29, 0.717) is 5.92 Å². The smallest absolute Gasteiger partial charge is 0.0647 e. The lowest BCUT2D eigenvalue weighted by molar-refractivity contribution is 0.326. The van der Waals surface area contributed by atoms with Crippen molar-refractivity contribution in [2.45, 2.75) is 12.8 Å². The lowest BCUT2D eigenvalue weighted by Gasteiger charge is -2.01. The van der Waals surface area contributed by atoms with Crippen molar-refractivity contribution in [2.24, 2.45) is 5.92 Å². The van der Waals surface area contributed by atoms with Crippen molar-refractivity contribution in [1.82, 2.24) is 0 Å². The lowest BCUT2D eigenvalue weighted by atomic mass is 10.1. The van der Waals surface area contributed by atoms with Crippen molar-refractivity contribution in [3.05, 3.63) is 40.4 Å². The number of halogens is 1. The topological polar surface area (TPSA) is 20.2 Å². The molecule has 0 heterocycles. The molecule has 0 unspecified atom stereocenters. The van der Waals surface area contributed by atoms with E-state index >= 15 is 0 Å². The predicted molar refractivity (Wildman–Crippen MR) is 59.2 cm³/mol. The largest absolute Gasteiger partial charge is 0.392 e. The number of aliphatic hydroxyl groups excluding tert-OH is 1. The molecule has 0 aliphatic heterocycles. The fraction of sp³-hybridized carbons (Fsp3) is 0.333. The van der Waals surface area contributed by atoms with E-state index in [2.05, 4.69) is 0 Å². The van der Waals surface area contributed by atoms with Gasteiger partial charge in [-0.1, -0.05) is 29.8 Å². The third kappa shape index (κ3) is 2.37. The van der Waals surface area contributed by atoms with Crippen LogP contribution in [0, 0.1) is 5.92 Å². The van der Waals surface area contributed by atoms with Crippen LogP contribution in [0.25, 0.3) is 6.08 Å². The Morgan fingerprint density at radius 1 is 1.50 bits per heavy atom. The average molecular weight is 209 g/mol. The van der Waals surface area contributed by atoms with Crippen molar-refractivity contribution in [1.29, 1.82) is 0 Å². The third-order valence-corrected chi connectivity index (χ3v) is 2.72. The van der Waals surface area contributed by atoms with Gasteiger partial charge in [0.1, 0.15) is 0 Å². The minimum Gasteiger partial charge on any atom is -0.392 e. The van der Waals surface area contributed by atoms with Gasteiger partial charge in [0, 0.05) is 5.02 Å². The van der Waals surface area contributed by atoms with Crippen molar-refractivity contribution < 1.29 is 5.11 Å². The summed E-state index contributed by atoms with van der Waals surface area (Å²) < 4.78 is 0. The first-order valence-electron chi connectivity index (χ1n) is 4.86. The van der Waals surface area contributed by atoms with Gasteiger partial charge < -0.3 is 5.11 Å². The van der Waals surface area contributed by atoms with E-state index in [4.69, 9.17) is 16.7 Å². The summed E-state index contributed by atoms with van der Waals surface area (Å²) in [7, 11) is 0. The second kappa shape index (κ2) is 4.16. The number of hydrogen-bond acceptors (Lipinski definition) is 1. The molecule has 1 N–H and O–H groups in total. The Balaban J connectivity index is 2.21. The minimum atomic E-state index is 0.164. The van der Waals surface area contributed by atoms with E-state index in [1.807, 2.05) is 30.3 Å². The zero-order valence-electron chi connectivity index (χ0n) is 7.91. The summed E-state index contributed by atoms with van der Waals surface area (Å²) in [6.07, 6.45) is 4.48. The molecule has 0 aromatic heterocycles. The van der Waals surface area contributed by atoms with Crippen LogP contribution in [0.1, 0.15) is 18.4 Å². The molecule has 14 heavy (non-hydrogen) atoms. The van der Waals surface area contributed by atoms with Crippen LogP contribution in [0.3, 0.4) is 0 Å². The van der Waals surface area contributed by atoms with Crippen LogP contribution in [-0.4, -0.2) is 11.7 Å². The molecule has 1 aliphatic rings. The fourth-order valence-corrected chi connectivity index (χ4v) is 1.76. The number of aliphatic hydroxyl groups is 1. The molecule has 1 aromatic carbocycles. The molecule has 2 heteroatoms. The summed E-state index contributed by atoms with van der Waals surface area (Å²) >= 11 is 5.87. The third-order valence-electron chi connectivity index (χ3n) is 2.49. The molecule has 1 aromatic rings. The Labute approximate surface area is 89.0 Å². The standard InChI is InChI=1S/C12H13ClO/c13-12-3-1-2-9(7-12)6-11(8-14)10-4-5-10/h1-3,6-7,10,14H,4-5,8H2/b11-6+. The van der Waals surface area contributed by atoms with Gasteiger partial charge >= 0.3 is 0 Å². The summed E-state index contributed by atoms with van der Waals surface area (Å²) in [5, 5.41) is 9.91. The number of benzene rings is 1. The van der Waals surface area contributed by atoms with E-state index in [9.17, 15) is 0 Å². The van der Waals surface area contributed by atoms with Gasteiger partial charge in [0.15, 0.2) is 0 Å². The van der Waals surface area contributed by atoms with Gasteiger partial charge in [0.2, 0.25) is 0 Å². The maximum absolute atomic E-state index is 9.17. The van der Waals surface area contributed by atoms with Crippen LogP contribution in [0.15, 0.2) is 29.8 Å². The molecule has 1 aliphatic carbocycles. The van der Waals surface area contributed by atoms with Crippen molar-refractivity contribution >= 4 is 17.7 Å². The second-order valence-electron chi connectivity index (χ2n) is 3.71. The highest BCUT2D eigenvalue weighted by Crippen LogP contribution is 2.37. The molecule has 1 saturated carbocycles. The van der Waals surface area contributed by atoms with Crippen molar-refractivity contribution in [2.75, 3.05) is 6.61 Å². The maximum Gasteiger partial charge on any atom is 0.0647 e. The van der Waals surface area contributed by atoms with E-state index in [1.165, 1.54) is 12.8 Å². The highest BCUT2D eigenvalue weighted by Gasteiger charge is 2.24. The zero-order chi connectivity index (χ0) is 9.97. The quantitative estimate of drug-likeness (QED) is 0.809. The molecular weight excluding hydrogens is 196 g/mol. The molecule has 74 valence electrons. The first-order valence-corrected chi connectivity index (χ1v) is 5.24. The predicted octanol–water partition coefficient (Wildman–Crippen LogP) is 3.13. The summed E-state index contributed by atoms with van der Waals surface area (Å²) in [4.78, 5) is 0. The van der Waals surface area contributed by atoms with Crippen LogP contribution in [0.2, 0.25) is 5.02 Å². The van der Waals surface area contributed by atoms with E-state index < -0.39 is 0 Å². The van der Waals surface area contributed by atoms with Gasteiger partial charge in [-0.2, -0.15) is 0 Å². The monoisotopic (exact) mass is 208 g/mol. The molecule has 0 bridgehead atoms. The summed E-state index contributed by atoms with van der Waals surface area (Å²) in [6.45, 7) is 0.164. The van der Waals surface area contributed by atoms with Crippen molar-refractivity contribution in [3.63, 3.8) is 0 Å². The highest BCUT2D eigenvalue weighted by atomic mass is 35.5. The van der Waals surface area contributed by atoms with Gasteiger partial charge in [-0.25, -0.2) is 0 Å². The van der Waals surface area contributed by atoms with Gasteiger partial charge in [-0.05, 0) is 42.0 Å². The Kier molecular flexibility index (Phi) is 2.90. The van der Waals surface area contributed by atoms with Crippen LogP contribution in [0.4, 0.5) is 0 Å². The minimum absolute atomic E-state index is 0.164. The molecule has 0 saturated heterocycles. The van der Waals surface area contributed by atoms with Crippen LogP contribution >= 0.6 is 11.6 Å². The summed E-state index contributed by atoms with van der Waals surface area (Å²) in [5.74, 6) is 0.610. The van der Waals surface area contributed by atoms with E-state index in [1.54, 1.807) is 0 Å². The molecule has 1 fully saturated rings. The number of hydrogen-bond donors (Lipinski definition) is 1. The van der Waals surface area contributed by atoms with Crippen LogP contribution in [0.5, 0.6) is 0 Å². The van der Waals surface area contributed by atoms with Crippen molar-refractivity contribution in [3.8, 4) is 0 Å². The fourth-order valence-electron chi connectivity index (χ4n) is 1.56. The zero-order valence-corrected chi connectivity index (χ0v) is 8.67. The Hall–Kier alpha value is -0.790. The number of rotatable bonds is 3. The van der Waals surface area contributed by atoms with E-state index in [0.717, 1.165) is 16.2 Å². The molecule has 2 rings (SSSR count).